The van der Waals surface area contributed by atoms with Gasteiger partial charge in [-0.1, -0.05) is 43.3 Å². The number of benzene rings is 3. The summed E-state index contributed by atoms with van der Waals surface area (Å²) in [5, 5.41) is 0. The van der Waals surface area contributed by atoms with Gasteiger partial charge in [-0.3, -0.25) is 0 Å². The van der Waals surface area contributed by atoms with Crippen molar-refractivity contribution in [2.75, 3.05) is 6.61 Å². The van der Waals surface area contributed by atoms with Crippen LogP contribution in [-0.4, -0.2) is 12.6 Å². The molecule has 0 N–H and O–H groups in total. The monoisotopic (exact) mass is 456 g/mol. The molecule has 3 rings (SSSR count). The lowest BCUT2D eigenvalue weighted by atomic mass is 9.97. The lowest BCUT2D eigenvalue weighted by Crippen LogP contribution is -2.03. The van der Waals surface area contributed by atoms with Gasteiger partial charge in [0.2, 0.25) is 0 Å². The van der Waals surface area contributed by atoms with Crippen LogP contribution in [0.1, 0.15) is 29.8 Å². The Hall–Kier alpha value is -2.14. The molecule has 0 fully saturated rings. The Kier molecular flexibility index (Phi) is 6.09. The van der Waals surface area contributed by atoms with Gasteiger partial charge in [0.15, 0.2) is 0 Å². The molecule has 0 atom stereocenters. The molecule has 0 saturated heterocycles. The third-order valence-corrected chi connectivity index (χ3v) is 4.95. The predicted octanol–water partition coefficient (Wildman–Crippen LogP) is 6.36. The Morgan fingerprint density at radius 2 is 1.35 bits per heavy atom. The van der Waals surface area contributed by atoms with E-state index in [4.69, 9.17) is 4.74 Å². The highest BCUT2D eigenvalue weighted by molar-refractivity contribution is 14.1. The zero-order valence-electron chi connectivity index (χ0n) is 15.0. The molecule has 0 unspecified atom stereocenters. The van der Waals surface area contributed by atoms with Gasteiger partial charge >= 0.3 is 5.97 Å². The Labute approximate surface area is 168 Å². The summed E-state index contributed by atoms with van der Waals surface area (Å²) in [5.74, 6) is -0.279. The molecule has 0 aliphatic carbocycles. The number of halogens is 1. The van der Waals surface area contributed by atoms with Crippen LogP contribution in [-0.2, 0) is 11.2 Å². The van der Waals surface area contributed by atoms with Gasteiger partial charge in [0.05, 0.1) is 12.2 Å². The van der Waals surface area contributed by atoms with Crippen LogP contribution in [0.4, 0.5) is 0 Å². The summed E-state index contributed by atoms with van der Waals surface area (Å²) in [6, 6.07) is 22.9. The van der Waals surface area contributed by atoms with Gasteiger partial charge in [0.25, 0.3) is 0 Å². The summed E-state index contributed by atoms with van der Waals surface area (Å²) in [6.45, 7) is 4.36. The van der Waals surface area contributed by atoms with Crippen molar-refractivity contribution in [1.29, 1.82) is 0 Å². The summed E-state index contributed by atoms with van der Waals surface area (Å²) in [5.41, 5.74) is 6.56. The maximum absolute atomic E-state index is 11.8. The van der Waals surface area contributed by atoms with Gasteiger partial charge in [0, 0.05) is 3.57 Å². The summed E-state index contributed by atoms with van der Waals surface area (Å²) in [4.78, 5) is 11.8. The summed E-state index contributed by atoms with van der Waals surface area (Å²) >= 11 is 2.35. The lowest BCUT2D eigenvalue weighted by molar-refractivity contribution is 0.0526. The highest BCUT2D eigenvalue weighted by Crippen LogP contribution is 2.29. The van der Waals surface area contributed by atoms with Gasteiger partial charge in [-0.2, -0.15) is 0 Å². The van der Waals surface area contributed by atoms with Crippen molar-refractivity contribution in [1.82, 2.24) is 0 Å². The van der Waals surface area contributed by atoms with Crippen molar-refractivity contribution in [3.05, 3.63) is 81.4 Å². The van der Waals surface area contributed by atoms with E-state index in [1.807, 2.05) is 31.2 Å². The highest BCUT2D eigenvalue weighted by Gasteiger charge is 2.08. The number of hydrogen-bond acceptors (Lipinski definition) is 2. The summed E-state index contributed by atoms with van der Waals surface area (Å²) in [6.07, 6.45) is 1.05. The van der Waals surface area contributed by atoms with E-state index >= 15 is 0 Å². The molecule has 26 heavy (non-hydrogen) atoms. The van der Waals surface area contributed by atoms with E-state index in [2.05, 4.69) is 72.0 Å². The lowest BCUT2D eigenvalue weighted by Gasteiger charge is -2.09. The van der Waals surface area contributed by atoms with Crippen LogP contribution >= 0.6 is 22.6 Å². The van der Waals surface area contributed by atoms with Crippen molar-refractivity contribution in [2.45, 2.75) is 20.3 Å². The van der Waals surface area contributed by atoms with Crippen molar-refractivity contribution in [3.8, 4) is 22.3 Å². The molecule has 0 aliphatic heterocycles. The third-order valence-electron chi connectivity index (χ3n) is 4.32. The van der Waals surface area contributed by atoms with Crippen LogP contribution in [0.15, 0.2) is 66.7 Å². The molecular formula is C23H21IO2. The number of carbonyl (C=O) groups excluding carboxylic acids is 1. The maximum atomic E-state index is 11.8. The van der Waals surface area contributed by atoms with Crippen LogP contribution in [0.2, 0.25) is 0 Å². The van der Waals surface area contributed by atoms with Gasteiger partial charge < -0.3 is 4.74 Å². The summed E-state index contributed by atoms with van der Waals surface area (Å²) in [7, 11) is 0. The number of rotatable bonds is 5. The summed E-state index contributed by atoms with van der Waals surface area (Å²) < 4.78 is 6.23. The Bertz CT molecular complexity index is 896. The number of esters is 1. The van der Waals surface area contributed by atoms with E-state index in [-0.39, 0.29) is 5.97 Å². The first-order valence-corrected chi connectivity index (χ1v) is 9.86. The molecule has 0 aliphatic rings. The Morgan fingerprint density at radius 3 is 1.85 bits per heavy atom. The molecule has 2 nitrogen and oxygen atoms in total. The molecule has 3 aromatic rings. The smallest absolute Gasteiger partial charge is 0.338 e. The maximum Gasteiger partial charge on any atom is 0.338 e. The quantitative estimate of drug-likeness (QED) is 0.330. The topological polar surface area (TPSA) is 26.3 Å². The molecule has 0 bridgehead atoms. The Balaban J connectivity index is 1.93. The first-order chi connectivity index (χ1) is 12.6. The van der Waals surface area contributed by atoms with Crippen LogP contribution < -0.4 is 0 Å². The number of hydrogen-bond donors (Lipinski definition) is 0. The molecule has 0 radical (unpaired) electrons. The SMILES string of the molecule is CCOC(=O)c1ccc(-c2cc(I)cc(-c3ccc(CC)cc3)c2)cc1. The molecule has 3 heteroatoms. The van der Waals surface area contributed by atoms with Crippen molar-refractivity contribution in [3.63, 3.8) is 0 Å². The second-order valence-electron chi connectivity index (χ2n) is 6.08. The second kappa shape index (κ2) is 8.49. The fraction of sp³-hybridized carbons (Fsp3) is 0.174. The molecule has 132 valence electrons. The van der Waals surface area contributed by atoms with Crippen molar-refractivity contribution < 1.29 is 9.53 Å². The van der Waals surface area contributed by atoms with Gasteiger partial charge in [-0.25, -0.2) is 4.79 Å². The third kappa shape index (κ3) is 4.33. The average molecular weight is 456 g/mol. The van der Waals surface area contributed by atoms with E-state index in [1.54, 1.807) is 0 Å². The first-order valence-electron chi connectivity index (χ1n) is 8.78. The number of ether oxygens (including phenoxy) is 1. The second-order valence-corrected chi connectivity index (χ2v) is 7.32. The molecule has 0 saturated carbocycles. The predicted molar refractivity (Wildman–Crippen MR) is 115 cm³/mol. The van der Waals surface area contributed by atoms with Crippen LogP contribution in [0, 0.1) is 3.57 Å². The van der Waals surface area contributed by atoms with Crippen LogP contribution in [0.25, 0.3) is 22.3 Å². The zero-order valence-corrected chi connectivity index (χ0v) is 17.1. The van der Waals surface area contributed by atoms with Crippen LogP contribution in [0.5, 0.6) is 0 Å². The molecule has 0 heterocycles. The fourth-order valence-electron chi connectivity index (χ4n) is 2.87. The minimum Gasteiger partial charge on any atom is -0.462 e. The average Bonchev–Trinajstić information content (AvgIpc) is 2.68. The first kappa shape index (κ1) is 18.6. The highest BCUT2D eigenvalue weighted by atomic mass is 127. The molecule has 0 amide bonds. The molecule has 3 aromatic carbocycles. The van der Waals surface area contributed by atoms with E-state index in [1.165, 1.54) is 20.3 Å². The standard InChI is InChI=1S/C23H21IO2/c1-3-16-5-7-17(8-6-16)20-13-21(15-22(24)14-20)18-9-11-19(12-10-18)23(25)26-4-2/h5-15H,3-4H2,1-2H3. The van der Waals surface area contributed by atoms with Crippen molar-refractivity contribution in [2.24, 2.45) is 0 Å². The van der Waals surface area contributed by atoms with Gasteiger partial charge in [-0.05, 0) is 94.1 Å². The van der Waals surface area contributed by atoms with Crippen LogP contribution in [0.3, 0.4) is 0 Å². The minimum atomic E-state index is -0.279. The Morgan fingerprint density at radius 1 is 0.808 bits per heavy atom. The van der Waals surface area contributed by atoms with Crippen molar-refractivity contribution >= 4 is 28.6 Å². The molecule has 0 spiro atoms. The van der Waals surface area contributed by atoms with Gasteiger partial charge in [-0.15, -0.1) is 0 Å². The largest absolute Gasteiger partial charge is 0.462 e. The normalized spacial score (nSPS) is 10.6. The number of aryl methyl sites for hydroxylation is 1. The van der Waals surface area contributed by atoms with E-state index in [0.29, 0.717) is 12.2 Å². The minimum absolute atomic E-state index is 0.279. The number of carbonyl (C=O) groups is 1. The molecule has 0 aromatic heterocycles. The molecular weight excluding hydrogens is 435 g/mol. The van der Waals surface area contributed by atoms with E-state index in [9.17, 15) is 4.79 Å². The fourth-order valence-corrected chi connectivity index (χ4v) is 3.54. The zero-order chi connectivity index (χ0) is 18.5. The van der Waals surface area contributed by atoms with E-state index in [0.717, 1.165) is 17.5 Å². The van der Waals surface area contributed by atoms with E-state index < -0.39 is 0 Å². The van der Waals surface area contributed by atoms with Gasteiger partial charge in [0.1, 0.15) is 0 Å².